The third-order valence-electron chi connectivity index (χ3n) is 6.77. The topological polar surface area (TPSA) is 51.0 Å². The van der Waals surface area contributed by atoms with Gasteiger partial charge in [-0.15, -0.1) is 10.2 Å². The summed E-state index contributed by atoms with van der Waals surface area (Å²) in [4.78, 5) is 15.4. The van der Waals surface area contributed by atoms with E-state index in [-0.39, 0.29) is 5.92 Å². The minimum atomic E-state index is 0.148. The predicted octanol–water partition coefficient (Wildman–Crippen LogP) is 5.84. The van der Waals surface area contributed by atoms with Crippen LogP contribution in [0.5, 0.6) is 0 Å². The Balaban J connectivity index is 1.76. The van der Waals surface area contributed by atoms with Crippen LogP contribution in [0.4, 0.5) is 0 Å². The molecule has 0 radical (unpaired) electrons. The van der Waals surface area contributed by atoms with Gasteiger partial charge in [-0.2, -0.15) is 0 Å². The fourth-order valence-electron chi connectivity index (χ4n) is 4.77. The summed E-state index contributed by atoms with van der Waals surface area (Å²) in [5, 5.41) is 9.35. The third kappa shape index (κ3) is 7.77. The van der Waals surface area contributed by atoms with E-state index in [1.165, 1.54) is 30.4 Å². The van der Waals surface area contributed by atoms with E-state index in [1.807, 2.05) is 0 Å². The molecule has 1 aliphatic carbocycles. The first-order valence-corrected chi connectivity index (χ1v) is 12.9. The number of hydrogen-bond donors (Lipinski definition) is 0. The van der Waals surface area contributed by atoms with Crippen molar-refractivity contribution >= 4 is 5.78 Å². The Bertz CT molecular complexity index is 911. The SMILES string of the molecule is Cc1ccc(CC(=O)CC(CCCN(C)C)c2nnc(CCCC(C)C)n2C2CC2)c(C)c1. The number of Topliss-reactive ketones (excluding diaryl/α,β-unsaturated/α-hetero) is 1. The molecular formula is C28H44N4O. The molecule has 182 valence electrons. The zero-order valence-electron chi connectivity index (χ0n) is 21.7. The highest BCUT2D eigenvalue weighted by atomic mass is 16.1. The van der Waals surface area contributed by atoms with E-state index >= 15 is 0 Å². The van der Waals surface area contributed by atoms with Gasteiger partial charge in [0.1, 0.15) is 17.4 Å². The molecule has 1 heterocycles. The minimum Gasteiger partial charge on any atom is -0.312 e. The van der Waals surface area contributed by atoms with Gasteiger partial charge in [0, 0.05) is 31.2 Å². The van der Waals surface area contributed by atoms with Crippen LogP contribution in [0.1, 0.15) is 99.1 Å². The number of aryl methyl sites for hydroxylation is 3. The first kappa shape index (κ1) is 25.6. The van der Waals surface area contributed by atoms with Crippen LogP contribution in [0.3, 0.4) is 0 Å². The maximum atomic E-state index is 13.2. The van der Waals surface area contributed by atoms with Crippen molar-refractivity contribution in [3.8, 4) is 0 Å². The number of carbonyl (C=O) groups is 1. The summed E-state index contributed by atoms with van der Waals surface area (Å²) < 4.78 is 2.42. The molecule has 1 aliphatic rings. The molecule has 33 heavy (non-hydrogen) atoms. The van der Waals surface area contributed by atoms with Crippen LogP contribution in [0.2, 0.25) is 0 Å². The smallest absolute Gasteiger partial charge is 0.138 e. The second-order valence-corrected chi connectivity index (χ2v) is 10.9. The highest BCUT2D eigenvalue weighted by molar-refractivity contribution is 5.82. The Morgan fingerprint density at radius 2 is 1.88 bits per heavy atom. The van der Waals surface area contributed by atoms with Gasteiger partial charge in [0.2, 0.25) is 0 Å². The average Bonchev–Trinajstić information content (AvgIpc) is 3.48. The molecule has 1 saturated carbocycles. The average molecular weight is 453 g/mol. The van der Waals surface area contributed by atoms with Crippen molar-refractivity contribution in [3.63, 3.8) is 0 Å². The van der Waals surface area contributed by atoms with E-state index in [0.717, 1.165) is 49.4 Å². The maximum Gasteiger partial charge on any atom is 0.138 e. The second kappa shape index (κ2) is 11.9. The largest absolute Gasteiger partial charge is 0.312 e. The monoisotopic (exact) mass is 452 g/mol. The fraction of sp³-hybridized carbons (Fsp3) is 0.679. The standard InChI is InChI=1S/C28H44N4O/c1-20(2)9-7-11-27-29-30-28(32(27)25-14-15-25)24(10-8-16-31(5)6)19-26(33)18-23-13-12-21(3)17-22(23)4/h12-13,17,20,24-25H,7-11,14-16,18-19H2,1-6H3. The lowest BCUT2D eigenvalue weighted by atomic mass is 9.92. The van der Waals surface area contributed by atoms with Crippen molar-refractivity contribution in [1.29, 1.82) is 0 Å². The van der Waals surface area contributed by atoms with Crippen LogP contribution in [-0.2, 0) is 17.6 Å². The van der Waals surface area contributed by atoms with Gasteiger partial charge in [0.15, 0.2) is 0 Å². The maximum absolute atomic E-state index is 13.2. The number of benzene rings is 1. The van der Waals surface area contributed by atoms with Crippen molar-refractivity contribution in [3.05, 3.63) is 46.5 Å². The molecule has 1 atom stereocenters. The molecule has 1 fully saturated rings. The van der Waals surface area contributed by atoms with Gasteiger partial charge >= 0.3 is 0 Å². The quantitative estimate of drug-likeness (QED) is 0.361. The zero-order chi connectivity index (χ0) is 24.0. The van der Waals surface area contributed by atoms with Crippen molar-refractivity contribution in [1.82, 2.24) is 19.7 Å². The zero-order valence-corrected chi connectivity index (χ0v) is 21.7. The molecule has 0 N–H and O–H groups in total. The molecule has 0 saturated heterocycles. The Labute approximate surface area is 201 Å². The van der Waals surface area contributed by atoms with Crippen molar-refractivity contribution < 1.29 is 4.79 Å². The first-order valence-electron chi connectivity index (χ1n) is 12.9. The van der Waals surface area contributed by atoms with E-state index < -0.39 is 0 Å². The number of carbonyl (C=O) groups excluding carboxylic acids is 1. The van der Waals surface area contributed by atoms with Crippen molar-refractivity contribution in [2.45, 2.75) is 97.4 Å². The van der Waals surface area contributed by atoms with Gasteiger partial charge in [-0.3, -0.25) is 4.79 Å². The minimum absolute atomic E-state index is 0.148. The summed E-state index contributed by atoms with van der Waals surface area (Å²) in [7, 11) is 4.22. The molecule has 1 unspecified atom stereocenters. The van der Waals surface area contributed by atoms with Gasteiger partial charge in [-0.1, -0.05) is 44.0 Å². The summed E-state index contributed by atoms with van der Waals surface area (Å²) in [6, 6.07) is 6.93. The van der Waals surface area contributed by atoms with Crippen LogP contribution < -0.4 is 0 Å². The number of hydrogen-bond acceptors (Lipinski definition) is 4. The molecule has 0 amide bonds. The van der Waals surface area contributed by atoms with E-state index in [1.54, 1.807) is 0 Å². The highest BCUT2D eigenvalue weighted by Crippen LogP contribution is 2.40. The molecule has 2 aromatic rings. The summed E-state index contributed by atoms with van der Waals surface area (Å²) in [6.07, 6.45) is 8.89. The van der Waals surface area contributed by atoms with Crippen LogP contribution >= 0.6 is 0 Å². The van der Waals surface area contributed by atoms with Gasteiger partial charge in [-0.05, 0) is 83.6 Å². The van der Waals surface area contributed by atoms with E-state index in [9.17, 15) is 4.79 Å². The molecule has 0 bridgehead atoms. The van der Waals surface area contributed by atoms with Crippen LogP contribution in [-0.4, -0.2) is 46.1 Å². The molecule has 1 aromatic heterocycles. The molecule has 5 heteroatoms. The lowest BCUT2D eigenvalue weighted by Gasteiger charge is -2.19. The Morgan fingerprint density at radius 1 is 1.12 bits per heavy atom. The first-order chi connectivity index (χ1) is 15.7. The van der Waals surface area contributed by atoms with Crippen molar-refractivity contribution in [2.24, 2.45) is 5.92 Å². The van der Waals surface area contributed by atoms with Crippen molar-refractivity contribution in [2.75, 3.05) is 20.6 Å². The van der Waals surface area contributed by atoms with E-state index in [2.05, 4.69) is 74.6 Å². The van der Waals surface area contributed by atoms with E-state index in [0.29, 0.717) is 30.6 Å². The molecule has 0 spiro atoms. The number of ketones is 1. The van der Waals surface area contributed by atoms with E-state index in [4.69, 9.17) is 5.10 Å². The van der Waals surface area contributed by atoms with Gasteiger partial charge in [0.25, 0.3) is 0 Å². The normalized spacial score (nSPS) is 14.9. The molecule has 5 nitrogen and oxygen atoms in total. The Morgan fingerprint density at radius 3 is 2.52 bits per heavy atom. The predicted molar refractivity (Wildman–Crippen MR) is 136 cm³/mol. The number of rotatable bonds is 14. The van der Waals surface area contributed by atoms with Crippen LogP contribution in [0.15, 0.2) is 18.2 Å². The molecule has 3 rings (SSSR count). The molecule has 1 aromatic carbocycles. The Hall–Kier alpha value is -2.01. The number of nitrogens with zero attached hydrogens (tertiary/aromatic N) is 4. The highest BCUT2D eigenvalue weighted by Gasteiger charge is 2.32. The van der Waals surface area contributed by atoms with Gasteiger partial charge in [0.05, 0.1) is 0 Å². The lowest BCUT2D eigenvalue weighted by Crippen LogP contribution is -2.18. The van der Waals surface area contributed by atoms with Crippen LogP contribution in [0.25, 0.3) is 0 Å². The second-order valence-electron chi connectivity index (χ2n) is 10.9. The lowest BCUT2D eigenvalue weighted by molar-refractivity contribution is -0.118. The summed E-state index contributed by atoms with van der Waals surface area (Å²) in [5.41, 5.74) is 3.60. The van der Waals surface area contributed by atoms with Crippen LogP contribution in [0, 0.1) is 19.8 Å². The van der Waals surface area contributed by atoms with Gasteiger partial charge in [-0.25, -0.2) is 0 Å². The third-order valence-corrected chi connectivity index (χ3v) is 6.77. The fourth-order valence-corrected chi connectivity index (χ4v) is 4.77. The molecular weight excluding hydrogens is 408 g/mol. The Kier molecular flexibility index (Phi) is 9.25. The summed E-state index contributed by atoms with van der Waals surface area (Å²) in [6.45, 7) is 9.79. The molecule has 0 aliphatic heterocycles. The van der Waals surface area contributed by atoms with Gasteiger partial charge < -0.3 is 9.47 Å². The summed E-state index contributed by atoms with van der Waals surface area (Å²) in [5.74, 6) is 3.36. The summed E-state index contributed by atoms with van der Waals surface area (Å²) >= 11 is 0. The number of aromatic nitrogens is 3.